The predicted octanol–water partition coefficient (Wildman–Crippen LogP) is -0.748. The van der Waals surface area contributed by atoms with Crippen LogP contribution < -0.4 is 5.14 Å². The highest BCUT2D eigenvalue weighted by Crippen LogP contribution is 1.93. The zero-order valence-electron chi connectivity index (χ0n) is 5.29. The highest BCUT2D eigenvalue weighted by atomic mass is 32.2. The van der Waals surface area contributed by atoms with Gasteiger partial charge in [0.25, 0.3) is 0 Å². The molecule has 0 spiro atoms. The number of Topliss-reactive ketones (excluding diaryl/α,β-unsaturated/α-hetero) is 1. The smallest absolute Gasteiger partial charge is 0.218 e. The normalized spacial score (nSPS) is 15.0. The summed E-state index contributed by atoms with van der Waals surface area (Å²) < 4.78 is 20.7. The topological polar surface area (TPSA) is 77.2 Å². The second kappa shape index (κ2) is 2.45. The monoisotopic (exact) mass is 151 g/mol. The highest BCUT2D eigenvalue weighted by Gasteiger charge is 2.19. The van der Waals surface area contributed by atoms with Crippen molar-refractivity contribution in [2.45, 2.75) is 19.1 Å². The van der Waals surface area contributed by atoms with Crippen LogP contribution in [0, 0.1) is 0 Å². The van der Waals surface area contributed by atoms with E-state index in [1.54, 1.807) is 0 Å². The molecule has 0 fully saturated rings. The summed E-state index contributed by atoms with van der Waals surface area (Å²) in [6.07, 6.45) is 0. The molecule has 2 N–H and O–H groups in total. The van der Waals surface area contributed by atoms with E-state index >= 15 is 0 Å². The molecule has 0 aromatic rings. The maximum absolute atomic E-state index is 10.3. The summed E-state index contributed by atoms with van der Waals surface area (Å²) in [6.45, 7) is 2.45. The number of rotatable bonds is 2. The van der Waals surface area contributed by atoms with Crippen molar-refractivity contribution in [3.8, 4) is 0 Å². The van der Waals surface area contributed by atoms with Crippen molar-refractivity contribution in [2.24, 2.45) is 5.14 Å². The summed E-state index contributed by atoms with van der Waals surface area (Å²) in [5.74, 6) is -0.433. The first kappa shape index (κ1) is 8.58. The molecule has 0 aromatic heterocycles. The Hall–Kier alpha value is -0.420. The van der Waals surface area contributed by atoms with Crippen molar-refractivity contribution in [3.05, 3.63) is 0 Å². The first-order valence-electron chi connectivity index (χ1n) is 2.37. The third-order valence-corrected chi connectivity index (χ3v) is 2.38. The van der Waals surface area contributed by atoms with E-state index in [9.17, 15) is 13.2 Å². The van der Waals surface area contributed by atoms with Gasteiger partial charge in [-0.05, 0) is 13.8 Å². The van der Waals surface area contributed by atoms with Crippen molar-refractivity contribution < 1.29 is 13.2 Å². The molecule has 1 unspecified atom stereocenters. The number of hydrogen-bond donors (Lipinski definition) is 1. The van der Waals surface area contributed by atoms with Gasteiger partial charge >= 0.3 is 0 Å². The molecule has 0 radical (unpaired) electrons. The Morgan fingerprint density at radius 2 is 1.89 bits per heavy atom. The molecule has 0 saturated heterocycles. The predicted molar refractivity (Wildman–Crippen MR) is 33.3 cm³/mol. The van der Waals surface area contributed by atoms with E-state index in [4.69, 9.17) is 0 Å². The van der Waals surface area contributed by atoms with E-state index in [1.807, 2.05) is 0 Å². The Kier molecular flexibility index (Phi) is 2.33. The molecular weight excluding hydrogens is 142 g/mol. The Morgan fingerprint density at radius 1 is 1.56 bits per heavy atom. The van der Waals surface area contributed by atoms with Crippen LogP contribution in [0.5, 0.6) is 0 Å². The maximum Gasteiger partial charge on any atom is 0.218 e. The standard InChI is InChI=1S/C4H9NO3S/c1-3(6)4(2)9(5,7)8/h4H,1-2H3,(H2,5,7,8). The molecule has 4 nitrogen and oxygen atoms in total. The van der Waals surface area contributed by atoms with E-state index in [2.05, 4.69) is 5.14 Å². The molecule has 0 aromatic carbocycles. The van der Waals surface area contributed by atoms with Crippen LogP contribution in [0.3, 0.4) is 0 Å². The van der Waals surface area contributed by atoms with Gasteiger partial charge in [0.05, 0.1) is 0 Å². The van der Waals surface area contributed by atoms with Crippen LogP contribution in [0.25, 0.3) is 0 Å². The van der Waals surface area contributed by atoms with Crippen LogP contribution >= 0.6 is 0 Å². The van der Waals surface area contributed by atoms with Crippen molar-refractivity contribution in [3.63, 3.8) is 0 Å². The van der Waals surface area contributed by atoms with E-state index in [-0.39, 0.29) is 0 Å². The first-order valence-corrected chi connectivity index (χ1v) is 3.98. The van der Waals surface area contributed by atoms with Crippen LogP contribution in [0.2, 0.25) is 0 Å². The van der Waals surface area contributed by atoms with Gasteiger partial charge in [0.1, 0.15) is 11.0 Å². The fraction of sp³-hybridized carbons (Fsp3) is 0.750. The number of hydrogen-bond acceptors (Lipinski definition) is 3. The molecule has 0 aliphatic rings. The third kappa shape index (κ3) is 2.57. The summed E-state index contributed by atoms with van der Waals surface area (Å²) in [7, 11) is -3.65. The Labute approximate surface area is 54.1 Å². The second-order valence-electron chi connectivity index (χ2n) is 1.84. The third-order valence-electron chi connectivity index (χ3n) is 1.07. The summed E-state index contributed by atoms with van der Waals surface area (Å²) >= 11 is 0. The van der Waals surface area contributed by atoms with E-state index < -0.39 is 21.1 Å². The van der Waals surface area contributed by atoms with Gasteiger partial charge in [-0.25, -0.2) is 13.6 Å². The van der Waals surface area contributed by atoms with E-state index in [0.717, 1.165) is 0 Å². The minimum Gasteiger partial charge on any atom is -0.299 e. The van der Waals surface area contributed by atoms with Gasteiger partial charge < -0.3 is 0 Å². The Bertz CT molecular complexity index is 206. The van der Waals surface area contributed by atoms with Gasteiger partial charge in [-0.15, -0.1) is 0 Å². The average molecular weight is 151 g/mol. The fourth-order valence-electron chi connectivity index (χ4n) is 0.231. The summed E-state index contributed by atoms with van der Waals surface area (Å²) in [5, 5.41) is 3.56. The fourth-order valence-corrected chi connectivity index (χ4v) is 0.694. The van der Waals surface area contributed by atoms with Crippen LogP contribution in [-0.2, 0) is 14.8 Å². The number of carbonyl (C=O) groups is 1. The Morgan fingerprint density at radius 3 is 1.89 bits per heavy atom. The van der Waals surface area contributed by atoms with Crippen LogP contribution in [0.4, 0.5) is 0 Å². The summed E-state index contributed by atoms with van der Waals surface area (Å²) in [5.41, 5.74) is 0. The number of nitrogens with two attached hydrogens (primary N) is 1. The van der Waals surface area contributed by atoms with E-state index in [0.29, 0.717) is 0 Å². The maximum atomic E-state index is 10.3. The quantitative estimate of drug-likeness (QED) is 0.564. The minimum absolute atomic E-state index is 0.433. The lowest BCUT2D eigenvalue weighted by molar-refractivity contribution is -0.116. The highest BCUT2D eigenvalue weighted by molar-refractivity contribution is 7.90. The van der Waals surface area contributed by atoms with Crippen molar-refractivity contribution in [2.75, 3.05) is 0 Å². The van der Waals surface area contributed by atoms with Gasteiger partial charge in [0.2, 0.25) is 10.0 Å². The van der Waals surface area contributed by atoms with Gasteiger partial charge in [-0.1, -0.05) is 0 Å². The Balaban J connectivity index is 4.43. The van der Waals surface area contributed by atoms with E-state index in [1.165, 1.54) is 13.8 Å². The van der Waals surface area contributed by atoms with Gasteiger partial charge in [-0.3, -0.25) is 4.79 Å². The average Bonchev–Trinajstić information content (AvgIpc) is 1.62. The molecule has 0 heterocycles. The number of sulfonamides is 1. The lowest BCUT2D eigenvalue weighted by Gasteiger charge is -2.01. The van der Waals surface area contributed by atoms with Crippen LogP contribution in [0.15, 0.2) is 0 Å². The zero-order chi connectivity index (χ0) is 7.65. The van der Waals surface area contributed by atoms with Gasteiger partial charge in [0, 0.05) is 0 Å². The largest absolute Gasteiger partial charge is 0.299 e. The van der Waals surface area contributed by atoms with Crippen LogP contribution in [0.1, 0.15) is 13.8 Å². The SMILES string of the molecule is CC(=O)C(C)S(N)(=O)=O. The van der Waals surface area contributed by atoms with Gasteiger partial charge in [0.15, 0.2) is 0 Å². The summed E-state index contributed by atoms with van der Waals surface area (Å²) in [4.78, 5) is 10.3. The molecule has 0 rings (SSSR count). The lowest BCUT2D eigenvalue weighted by atomic mass is 10.3. The van der Waals surface area contributed by atoms with Crippen molar-refractivity contribution >= 4 is 15.8 Å². The lowest BCUT2D eigenvalue weighted by Crippen LogP contribution is -2.31. The zero-order valence-corrected chi connectivity index (χ0v) is 6.10. The molecule has 0 amide bonds. The van der Waals surface area contributed by atoms with Gasteiger partial charge in [-0.2, -0.15) is 0 Å². The molecule has 0 bridgehead atoms. The minimum atomic E-state index is -3.65. The molecule has 0 aliphatic carbocycles. The number of primary sulfonamides is 1. The van der Waals surface area contributed by atoms with Crippen molar-refractivity contribution in [1.82, 2.24) is 0 Å². The molecular formula is C4H9NO3S. The molecule has 5 heteroatoms. The van der Waals surface area contributed by atoms with Crippen molar-refractivity contribution in [1.29, 1.82) is 0 Å². The number of carbonyl (C=O) groups excluding carboxylic acids is 1. The second-order valence-corrected chi connectivity index (χ2v) is 3.73. The molecule has 54 valence electrons. The number of ketones is 1. The molecule has 1 atom stereocenters. The van der Waals surface area contributed by atoms with Crippen LogP contribution in [-0.4, -0.2) is 19.5 Å². The molecule has 0 saturated carbocycles. The molecule has 9 heavy (non-hydrogen) atoms. The molecule has 0 aliphatic heterocycles. The summed E-state index contributed by atoms with van der Waals surface area (Å²) in [6, 6.07) is 0. The first-order chi connectivity index (χ1) is 3.85.